The maximum Gasteiger partial charge on any atom is 0.196 e. The van der Waals surface area contributed by atoms with Crippen LogP contribution in [-0.2, 0) is 13.1 Å². The van der Waals surface area contributed by atoms with E-state index in [1.54, 1.807) is 6.07 Å². The van der Waals surface area contributed by atoms with Crippen molar-refractivity contribution in [1.82, 2.24) is 10.3 Å². The van der Waals surface area contributed by atoms with Crippen molar-refractivity contribution in [3.05, 3.63) is 57.7 Å². The number of nitrogen functional groups attached to an aromatic ring is 1. The molecule has 0 saturated heterocycles. The minimum absolute atomic E-state index is 0.151. The molecule has 5 heteroatoms. The predicted molar refractivity (Wildman–Crippen MR) is 74.1 cm³/mol. The lowest BCUT2D eigenvalue weighted by molar-refractivity contribution is 0.103. The van der Waals surface area contributed by atoms with Crippen molar-refractivity contribution < 1.29 is 4.79 Å². The highest BCUT2D eigenvalue weighted by Gasteiger charge is 2.17. The quantitative estimate of drug-likeness (QED) is 0.823. The first-order valence-electron chi connectivity index (χ1n) is 5.93. The summed E-state index contributed by atoms with van der Waals surface area (Å²) in [6.45, 7) is 1.64. The summed E-state index contributed by atoms with van der Waals surface area (Å²) in [5, 5.41) is 3.65. The van der Waals surface area contributed by atoms with Gasteiger partial charge in [-0.2, -0.15) is 0 Å². The van der Waals surface area contributed by atoms with Crippen LogP contribution in [0.5, 0.6) is 0 Å². The first-order chi connectivity index (χ1) is 9.15. The zero-order valence-electron chi connectivity index (χ0n) is 10.1. The smallest absolute Gasteiger partial charge is 0.196 e. The van der Waals surface area contributed by atoms with Crippen molar-refractivity contribution >= 4 is 23.2 Å². The van der Waals surface area contributed by atoms with E-state index in [0.717, 1.165) is 18.7 Å². The summed E-state index contributed by atoms with van der Waals surface area (Å²) in [7, 11) is 0. The van der Waals surface area contributed by atoms with Gasteiger partial charge in [0.2, 0.25) is 0 Å². The van der Waals surface area contributed by atoms with Gasteiger partial charge in [0.25, 0.3) is 0 Å². The first-order valence-corrected chi connectivity index (χ1v) is 6.31. The molecule has 96 valence electrons. The van der Waals surface area contributed by atoms with Gasteiger partial charge in [0.1, 0.15) is 5.82 Å². The summed E-state index contributed by atoms with van der Waals surface area (Å²) in [5.74, 6) is 0.0511. The number of benzene rings is 1. The normalized spacial score (nSPS) is 13.3. The molecular formula is C14H12ClN3O. The summed E-state index contributed by atoms with van der Waals surface area (Å²) < 4.78 is 0. The number of nitrogens with two attached hydrogens (primary N) is 1. The Kier molecular flexibility index (Phi) is 2.97. The van der Waals surface area contributed by atoms with E-state index < -0.39 is 0 Å². The number of fused-ring (bicyclic) bond motifs is 1. The Hall–Kier alpha value is -1.91. The van der Waals surface area contributed by atoms with Crippen LogP contribution in [0.25, 0.3) is 0 Å². The van der Waals surface area contributed by atoms with E-state index in [0.29, 0.717) is 16.1 Å². The lowest BCUT2D eigenvalue weighted by Crippen LogP contribution is -2.07. The van der Waals surface area contributed by atoms with Crippen molar-refractivity contribution in [2.45, 2.75) is 13.1 Å². The minimum Gasteiger partial charge on any atom is -0.383 e. The Labute approximate surface area is 115 Å². The molecule has 0 amide bonds. The minimum atomic E-state index is -0.151. The van der Waals surface area contributed by atoms with Crippen LogP contribution < -0.4 is 11.1 Å². The Balaban J connectivity index is 2.02. The lowest BCUT2D eigenvalue weighted by atomic mass is 10.00. The number of pyridine rings is 1. The molecule has 0 bridgehead atoms. The van der Waals surface area contributed by atoms with Crippen molar-refractivity contribution in [2.75, 3.05) is 5.73 Å². The number of rotatable bonds is 2. The SMILES string of the molecule is Nc1ncc(Cl)cc1C(=O)c1ccc2c(c1)CNC2. The number of ketones is 1. The third kappa shape index (κ3) is 2.20. The second-order valence-electron chi connectivity index (χ2n) is 4.50. The van der Waals surface area contributed by atoms with Crippen LogP contribution in [0.15, 0.2) is 30.5 Å². The van der Waals surface area contributed by atoms with E-state index >= 15 is 0 Å². The molecule has 19 heavy (non-hydrogen) atoms. The highest BCUT2D eigenvalue weighted by molar-refractivity contribution is 6.31. The average molecular weight is 274 g/mol. The molecule has 3 N–H and O–H groups in total. The number of carbonyl (C=O) groups is 1. The Bertz CT molecular complexity index is 670. The Morgan fingerprint density at radius 3 is 2.89 bits per heavy atom. The monoisotopic (exact) mass is 273 g/mol. The fourth-order valence-electron chi connectivity index (χ4n) is 2.22. The molecule has 4 nitrogen and oxygen atoms in total. The van der Waals surface area contributed by atoms with Gasteiger partial charge in [-0.1, -0.05) is 23.7 Å². The van der Waals surface area contributed by atoms with Gasteiger partial charge in [-0.25, -0.2) is 4.98 Å². The van der Waals surface area contributed by atoms with Crippen molar-refractivity contribution in [3.63, 3.8) is 0 Å². The Morgan fingerprint density at radius 2 is 2.05 bits per heavy atom. The third-order valence-corrected chi connectivity index (χ3v) is 3.44. The number of anilines is 1. The number of aromatic nitrogens is 1. The fourth-order valence-corrected chi connectivity index (χ4v) is 2.38. The van der Waals surface area contributed by atoms with Crippen LogP contribution in [0.1, 0.15) is 27.0 Å². The molecule has 1 aliphatic heterocycles. The summed E-state index contributed by atoms with van der Waals surface area (Å²) in [6, 6.07) is 7.24. The van der Waals surface area contributed by atoms with Gasteiger partial charge >= 0.3 is 0 Å². The van der Waals surface area contributed by atoms with Crippen LogP contribution in [-0.4, -0.2) is 10.8 Å². The average Bonchev–Trinajstić information content (AvgIpc) is 2.88. The standard InChI is InChI=1S/C14H12ClN3O/c15-11-4-12(14(16)18-7-11)13(19)8-1-2-9-5-17-6-10(9)3-8/h1-4,7,17H,5-6H2,(H2,16,18). The number of hydrogen-bond acceptors (Lipinski definition) is 4. The van der Waals surface area contributed by atoms with Gasteiger partial charge in [-0.05, 0) is 23.3 Å². The zero-order valence-corrected chi connectivity index (χ0v) is 10.9. The second kappa shape index (κ2) is 4.64. The summed E-state index contributed by atoms with van der Waals surface area (Å²) in [5.41, 5.74) is 9.08. The number of hydrogen-bond donors (Lipinski definition) is 2. The lowest BCUT2D eigenvalue weighted by Gasteiger charge is -2.06. The number of nitrogens with zero attached hydrogens (tertiary/aromatic N) is 1. The zero-order chi connectivity index (χ0) is 13.4. The van der Waals surface area contributed by atoms with Gasteiger partial charge in [0, 0.05) is 24.8 Å². The van der Waals surface area contributed by atoms with Gasteiger partial charge in [0.05, 0.1) is 10.6 Å². The molecule has 0 saturated carbocycles. The van der Waals surface area contributed by atoms with Crippen LogP contribution in [0.4, 0.5) is 5.82 Å². The van der Waals surface area contributed by atoms with Gasteiger partial charge < -0.3 is 11.1 Å². The number of halogens is 1. The largest absolute Gasteiger partial charge is 0.383 e. The molecule has 0 aliphatic carbocycles. The van der Waals surface area contributed by atoms with Crippen molar-refractivity contribution in [1.29, 1.82) is 0 Å². The second-order valence-corrected chi connectivity index (χ2v) is 4.94. The van der Waals surface area contributed by atoms with Crippen molar-refractivity contribution in [3.8, 4) is 0 Å². The predicted octanol–water partition coefficient (Wildman–Crippen LogP) is 2.15. The van der Waals surface area contributed by atoms with E-state index in [-0.39, 0.29) is 11.6 Å². The van der Waals surface area contributed by atoms with Crippen LogP contribution in [0.2, 0.25) is 5.02 Å². The van der Waals surface area contributed by atoms with E-state index in [1.165, 1.54) is 11.8 Å². The molecule has 3 rings (SSSR count). The van der Waals surface area contributed by atoms with E-state index in [4.69, 9.17) is 17.3 Å². The number of nitrogens with one attached hydrogen (secondary N) is 1. The molecule has 0 atom stereocenters. The molecule has 0 fully saturated rings. The molecule has 2 heterocycles. The van der Waals surface area contributed by atoms with E-state index in [1.807, 2.05) is 18.2 Å². The third-order valence-electron chi connectivity index (χ3n) is 3.23. The van der Waals surface area contributed by atoms with Gasteiger partial charge in [-0.15, -0.1) is 0 Å². The van der Waals surface area contributed by atoms with E-state index in [2.05, 4.69) is 10.3 Å². The first kappa shape index (κ1) is 12.1. The summed E-state index contributed by atoms with van der Waals surface area (Å²) in [4.78, 5) is 16.3. The summed E-state index contributed by atoms with van der Waals surface area (Å²) >= 11 is 5.86. The van der Waals surface area contributed by atoms with Gasteiger partial charge in [0.15, 0.2) is 5.78 Å². The van der Waals surface area contributed by atoms with Crippen LogP contribution in [0, 0.1) is 0 Å². The van der Waals surface area contributed by atoms with Crippen LogP contribution in [0.3, 0.4) is 0 Å². The highest BCUT2D eigenvalue weighted by Crippen LogP contribution is 2.22. The van der Waals surface area contributed by atoms with Crippen molar-refractivity contribution in [2.24, 2.45) is 0 Å². The maximum atomic E-state index is 12.4. The molecule has 1 aromatic heterocycles. The van der Waals surface area contributed by atoms with Crippen LogP contribution >= 0.6 is 11.6 Å². The molecular weight excluding hydrogens is 262 g/mol. The van der Waals surface area contributed by atoms with Gasteiger partial charge in [-0.3, -0.25) is 4.79 Å². The molecule has 0 radical (unpaired) electrons. The molecule has 2 aromatic rings. The highest BCUT2D eigenvalue weighted by atomic mass is 35.5. The molecule has 1 aliphatic rings. The molecule has 0 spiro atoms. The number of carbonyl (C=O) groups excluding carboxylic acids is 1. The van der Waals surface area contributed by atoms with E-state index in [9.17, 15) is 4.79 Å². The topological polar surface area (TPSA) is 68.0 Å². The fraction of sp³-hybridized carbons (Fsp3) is 0.143. The Morgan fingerprint density at radius 1 is 1.26 bits per heavy atom. The maximum absolute atomic E-state index is 12.4. The molecule has 0 unspecified atom stereocenters. The summed E-state index contributed by atoms with van der Waals surface area (Å²) in [6.07, 6.45) is 1.43. The molecule has 1 aromatic carbocycles.